The largest absolute Gasteiger partial charge is 0.480 e. The summed E-state index contributed by atoms with van der Waals surface area (Å²) >= 11 is 8.17. The van der Waals surface area contributed by atoms with Gasteiger partial charge in [0.1, 0.15) is 18.1 Å². The number of amides is 3. The van der Waals surface area contributed by atoms with Crippen LogP contribution in [0.2, 0.25) is 0 Å². The number of H-pyrrole nitrogens is 1. The molecule has 1 saturated heterocycles. The van der Waals surface area contributed by atoms with E-state index < -0.39 is 35.9 Å². The van der Waals surface area contributed by atoms with Gasteiger partial charge in [0, 0.05) is 35.0 Å². The number of aliphatic carboxylic acids is 1. The number of carboxylic acids is 1. The molecule has 2 aromatic rings. The first-order chi connectivity index (χ1) is 16.3. The fourth-order valence-corrected chi connectivity index (χ4v) is 4.34. The second-order valence-electron chi connectivity index (χ2n) is 8.10. The van der Waals surface area contributed by atoms with E-state index in [1.165, 1.54) is 0 Å². The Labute approximate surface area is 207 Å². The summed E-state index contributed by atoms with van der Waals surface area (Å²) in [5.41, 5.74) is 1.64. The standard InChI is InChI=1S/C22H29N5O5S2/c28-19(15-6-3-7-23-15)26-17(10-33)21(30)25-16(20(29)27-18(11-34)22(31)32)8-12-9-24-14-5-2-1-4-13(12)14/h1-2,4-5,9,15-18,23-24,33-34H,3,6-8,10-11H2,(H,25,30)(H,26,28)(H,27,29)(H,31,32). The number of nitrogens with one attached hydrogen (secondary N) is 5. The van der Waals surface area contributed by atoms with Crippen LogP contribution in [-0.4, -0.2) is 76.0 Å². The fourth-order valence-electron chi connectivity index (χ4n) is 3.83. The molecule has 3 rings (SSSR count). The van der Waals surface area contributed by atoms with Gasteiger partial charge < -0.3 is 31.4 Å². The van der Waals surface area contributed by atoms with E-state index in [-0.39, 0.29) is 29.9 Å². The van der Waals surface area contributed by atoms with Crippen LogP contribution in [0, 0.1) is 0 Å². The molecule has 0 radical (unpaired) electrons. The molecule has 1 aromatic carbocycles. The van der Waals surface area contributed by atoms with Gasteiger partial charge in [0.25, 0.3) is 0 Å². The number of carbonyl (C=O) groups excluding carboxylic acids is 3. The van der Waals surface area contributed by atoms with E-state index >= 15 is 0 Å². The molecule has 12 heteroatoms. The van der Waals surface area contributed by atoms with Crippen LogP contribution < -0.4 is 21.3 Å². The predicted molar refractivity (Wildman–Crippen MR) is 134 cm³/mol. The zero-order chi connectivity index (χ0) is 24.7. The number of carboxylic acid groups (broad SMARTS) is 1. The summed E-state index contributed by atoms with van der Waals surface area (Å²) in [4.78, 5) is 53.0. The molecule has 4 atom stereocenters. The Hall–Kier alpha value is -2.70. The van der Waals surface area contributed by atoms with E-state index in [1.54, 1.807) is 6.20 Å². The normalized spacial score (nSPS) is 18.1. The molecule has 1 fully saturated rings. The van der Waals surface area contributed by atoms with Crippen molar-refractivity contribution in [2.24, 2.45) is 0 Å². The third kappa shape index (κ3) is 6.45. The molecular formula is C22H29N5O5S2. The highest BCUT2D eigenvalue weighted by atomic mass is 32.1. The maximum Gasteiger partial charge on any atom is 0.327 e. The van der Waals surface area contributed by atoms with Gasteiger partial charge >= 0.3 is 5.97 Å². The Balaban J connectivity index is 1.77. The van der Waals surface area contributed by atoms with Crippen LogP contribution >= 0.6 is 25.3 Å². The third-order valence-electron chi connectivity index (χ3n) is 5.72. The summed E-state index contributed by atoms with van der Waals surface area (Å²) in [5, 5.41) is 21.0. The Morgan fingerprint density at radius 2 is 1.68 bits per heavy atom. The van der Waals surface area contributed by atoms with Crippen LogP contribution in [0.15, 0.2) is 30.5 Å². The molecule has 0 spiro atoms. The summed E-state index contributed by atoms with van der Waals surface area (Å²) in [6.07, 6.45) is 3.41. The summed E-state index contributed by atoms with van der Waals surface area (Å²) < 4.78 is 0. The number of carbonyl (C=O) groups is 4. The van der Waals surface area contributed by atoms with Crippen molar-refractivity contribution >= 4 is 59.9 Å². The predicted octanol–water partition coefficient (Wildman–Crippen LogP) is -0.139. The van der Waals surface area contributed by atoms with Crippen molar-refractivity contribution in [3.05, 3.63) is 36.0 Å². The molecule has 0 bridgehead atoms. The minimum atomic E-state index is -1.23. The quantitative estimate of drug-likeness (QED) is 0.198. The van der Waals surface area contributed by atoms with Gasteiger partial charge in [-0.25, -0.2) is 4.79 Å². The summed E-state index contributed by atoms with van der Waals surface area (Å²) in [6.45, 7) is 0.735. The van der Waals surface area contributed by atoms with Gasteiger partial charge in [-0.05, 0) is 31.0 Å². The van der Waals surface area contributed by atoms with Gasteiger partial charge in [0.15, 0.2) is 0 Å². The number of thiol groups is 2. The molecule has 1 aliphatic heterocycles. The molecule has 1 aliphatic rings. The highest BCUT2D eigenvalue weighted by molar-refractivity contribution is 7.80. The first-order valence-corrected chi connectivity index (χ1v) is 12.2. The third-order valence-corrected chi connectivity index (χ3v) is 6.45. The summed E-state index contributed by atoms with van der Waals surface area (Å²) in [7, 11) is 0. The van der Waals surface area contributed by atoms with E-state index in [4.69, 9.17) is 0 Å². The van der Waals surface area contributed by atoms with Gasteiger partial charge in [0.2, 0.25) is 17.7 Å². The first-order valence-electron chi connectivity index (χ1n) is 11.0. The van der Waals surface area contributed by atoms with Gasteiger partial charge in [-0.3, -0.25) is 14.4 Å². The lowest BCUT2D eigenvalue weighted by molar-refractivity contribution is -0.141. The molecule has 184 valence electrons. The van der Waals surface area contributed by atoms with Crippen molar-refractivity contribution in [2.75, 3.05) is 18.1 Å². The number of hydrogen-bond donors (Lipinski definition) is 8. The maximum atomic E-state index is 13.0. The van der Waals surface area contributed by atoms with E-state index in [1.807, 2.05) is 24.3 Å². The highest BCUT2D eigenvalue weighted by Gasteiger charge is 2.31. The minimum absolute atomic E-state index is 0.0279. The topological polar surface area (TPSA) is 152 Å². The molecule has 1 aromatic heterocycles. The van der Waals surface area contributed by atoms with Crippen LogP contribution in [0.25, 0.3) is 10.9 Å². The highest BCUT2D eigenvalue weighted by Crippen LogP contribution is 2.19. The van der Waals surface area contributed by atoms with Crippen molar-refractivity contribution in [2.45, 2.75) is 43.4 Å². The van der Waals surface area contributed by atoms with Crippen LogP contribution in [0.4, 0.5) is 0 Å². The van der Waals surface area contributed by atoms with Gasteiger partial charge in [-0.2, -0.15) is 25.3 Å². The molecule has 0 aliphatic carbocycles. The lowest BCUT2D eigenvalue weighted by atomic mass is 10.0. The smallest absolute Gasteiger partial charge is 0.327 e. The number of para-hydroxylation sites is 1. The Morgan fingerprint density at radius 1 is 1.00 bits per heavy atom. The Bertz CT molecular complexity index is 1040. The average Bonchev–Trinajstić information content (AvgIpc) is 3.50. The lowest BCUT2D eigenvalue weighted by Gasteiger charge is -2.24. The van der Waals surface area contributed by atoms with Crippen molar-refractivity contribution in [1.29, 1.82) is 0 Å². The van der Waals surface area contributed by atoms with E-state index in [0.29, 0.717) is 6.42 Å². The first kappa shape index (κ1) is 25.9. The van der Waals surface area contributed by atoms with E-state index in [9.17, 15) is 24.3 Å². The summed E-state index contributed by atoms with van der Waals surface area (Å²) in [6, 6.07) is 3.87. The fraction of sp³-hybridized carbons (Fsp3) is 0.455. The SMILES string of the molecule is O=C(O)C(CS)NC(=O)C(Cc1c[nH]c2ccccc12)NC(=O)C(CS)NC(=O)C1CCCN1. The van der Waals surface area contributed by atoms with Crippen LogP contribution in [0.3, 0.4) is 0 Å². The maximum absolute atomic E-state index is 13.0. The molecule has 2 heterocycles. The molecule has 10 nitrogen and oxygen atoms in total. The molecule has 0 saturated carbocycles. The zero-order valence-corrected chi connectivity index (χ0v) is 20.2. The van der Waals surface area contributed by atoms with Gasteiger partial charge in [0.05, 0.1) is 6.04 Å². The second kappa shape index (κ2) is 12.1. The number of aromatic amines is 1. The van der Waals surface area contributed by atoms with Crippen molar-refractivity contribution in [1.82, 2.24) is 26.3 Å². The monoisotopic (exact) mass is 507 g/mol. The Morgan fingerprint density at radius 3 is 2.32 bits per heavy atom. The number of aromatic nitrogens is 1. The second-order valence-corrected chi connectivity index (χ2v) is 8.83. The molecule has 34 heavy (non-hydrogen) atoms. The van der Waals surface area contributed by atoms with Crippen molar-refractivity contribution in [3.8, 4) is 0 Å². The van der Waals surface area contributed by atoms with Crippen molar-refractivity contribution in [3.63, 3.8) is 0 Å². The number of fused-ring (bicyclic) bond motifs is 1. The molecule has 6 N–H and O–H groups in total. The molecule has 4 unspecified atom stereocenters. The van der Waals surface area contributed by atoms with E-state index in [0.717, 1.165) is 29.4 Å². The van der Waals surface area contributed by atoms with Gasteiger partial charge in [-0.15, -0.1) is 0 Å². The molecular weight excluding hydrogens is 478 g/mol. The number of hydrogen-bond acceptors (Lipinski definition) is 7. The molecule has 3 amide bonds. The summed E-state index contributed by atoms with van der Waals surface area (Å²) in [5.74, 6) is -2.87. The zero-order valence-electron chi connectivity index (χ0n) is 18.4. The van der Waals surface area contributed by atoms with Crippen LogP contribution in [-0.2, 0) is 25.6 Å². The van der Waals surface area contributed by atoms with E-state index in [2.05, 4.69) is 51.5 Å². The van der Waals surface area contributed by atoms with Crippen LogP contribution in [0.5, 0.6) is 0 Å². The lowest BCUT2D eigenvalue weighted by Crippen LogP contribution is -2.58. The average molecular weight is 508 g/mol. The number of benzene rings is 1. The van der Waals surface area contributed by atoms with Crippen LogP contribution in [0.1, 0.15) is 18.4 Å². The van der Waals surface area contributed by atoms with Gasteiger partial charge in [-0.1, -0.05) is 18.2 Å². The van der Waals surface area contributed by atoms with Crippen molar-refractivity contribution < 1.29 is 24.3 Å². The minimum Gasteiger partial charge on any atom is -0.480 e. The number of rotatable bonds is 11. The Kier molecular flexibility index (Phi) is 9.25.